The number of hydrogen-bond donors (Lipinski definition) is 1. The van der Waals surface area contributed by atoms with Crippen molar-refractivity contribution in [3.63, 3.8) is 0 Å². The molecule has 0 atom stereocenters. The summed E-state index contributed by atoms with van der Waals surface area (Å²) in [6, 6.07) is 9.15. The van der Waals surface area contributed by atoms with Crippen LogP contribution < -0.4 is 14.8 Å². The van der Waals surface area contributed by atoms with E-state index in [0.717, 1.165) is 31.1 Å². The number of rotatable bonds is 9. The van der Waals surface area contributed by atoms with Crippen molar-refractivity contribution in [2.75, 3.05) is 12.4 Å². The highest BCUT2D eigenvalue weighted by atomic mass is 19.3. The van der Waals surface area contributed by atoms with Gasteiger partial charge < -0.3 is 14.8 Å². The van der Waals surface area contributed by atoms with E-state index < -0.39 is 28.9 Å². The molecule has 4 rings (SSSR count). The Morgan fingerprint density at radius 1 is 1.29 bits per heavy atom. The van der Waals surface area contributed by atoms with Crippen LogP contribution in [0, 0.1) is 10.1 Å². The van der Waals surface area contributed by atoms with E-state index in [9.17, 15) is 23.7 Å². The maximum atomic E-state index is 12.6. The Balaban J connectivity index is 1.53. The summed E-state index contributed by atoms with van der Waals surface area (Å²) in [5.74, 6) is -0.619. The molecule has 0 aliphatic heterocycles. The molecule has 0 spiro atoms. The molecule has 0 saturated heterocycles. The van der Waals surface area contributed by atoms with Gasteiger partial charge in [0.05, 0.1) is 29.7 Å². The van der Waals surface area contributed by atoms with Crippen molar-refractivity contribution in [2.24, 2.45) is 0 Å². The highest BCUT2D eigenvalue weighted by molar-refractivity contribution is 6.02. The number of anilines is 1. The molecule has 1 aliphatic carbocycles. The lowest BCUT2D eigenvalue weighted by Gasteiger charge is -2.11. The van der Waals surface area contributed by atoms with Crippen molar-refractivity contribution in [1.82, 2.24) is 20.2 Å². The zero-order valence-electron chi connectivity index (χ0n) is 17.7. The zero-order valence-corrected chi connectivity index (χ0v) is 17.7. The summed E-state index contributed by atoms with van der Waals surface area (Å²) >= 11 is 0. The van der Waals surface area contributed by atoms with Gasteiger partial charge in [0.15, 0.2) is 17.3 Å². The number of amides is 1. The first kappa shape index (κ1) is 22.8. The predicted molar refractivity (Wildman–Crippen MR) is 115 cm³/mol. The second kappa shape index (κ2) is 9.60. The van der Waals surface area contributed by atoms with Gasteiger partial charge in [0, 0.05) is 17.3 Å². The van der Waals surface area contributed by atoms with E-state index in [-0.39, 0.29) is 17.4 Å². The number of ether oxygens (including phenoxy) is 2. The van der Waals surface area contributed by atoms with Gasteiger partial charge in [-0.1, -0.05) is 12.1 Å². The van der Waals surface area contributed by atoms with Gasteiger partial charge in [-0.15, -0.1) is 5.10 Å². The van der Waals surface area contributed by atoms with Crippen LogP contribution >= 0.6 is 0 Å². The van der Waals surface area contributed by atoms with E-state index >= 15 is 0 Å². The molecule has 2 aromatic carbocycles. The van der Waals surface area contributed by atoms with E-state index in [1.54, 1.807) is 22.9 Å². The number of nitrogens with zero attached hydrogens (tertiary/aromatic N) is 5. The zero-order chi connectivity index (χ0) is 24.2. The molecule has 1 saturated carbocycles. The van der Waals surface area contributed by atoms with Crippen LogP contribution in [0.3, 0.4) is 0 Å². The van der Waals surface area contributed by atoms with Gasteiger partial charge in [-0.25, -0.2) is 4.68 Å². The Morgan fingerprint density at radius 2 is 2.09 bits per heavy atom. The number of alkyl halides is 2. The maximum absolute atomic E-state index is 12.6. The van der Waals surface area contributed by atoms with Crippen LogP contribution in [0.1, 0.15) is 24.4 Å². The number of aromatic nitrogens is 4. The van der Waals surface area contributed by atoms with Crippen molar-refractivity contribution in [3.05, 3.63) is 58.2 Å². The summed E-state index contributed by atoms with van der Waals surface area (Å²) in [4.78, 5) is 23.1. The Kier molecular flexibility index (Phi) is 6.43. The third-order valence-corrected chi connectivity index (χ3v) is 4.91. The normalized spacial score (nSPS) is 13.3. The molecular formula is C21H18F2N6O5. The van der Waals surface area contributed by atoms with Gasteiger partial charge in [0.2, 0.25) is 5.91 Å². The Labute approximate surface area is 191 Å². The smallest absolute Gasteiger partial charge is 0.387 e. The largest absolute Gasteiger partial charge is 0.493 e. The van der Waals surface area contributed by atoms with Crippen LogP contribution in [0.25, 0.3) is 17.5 Å². The third-order valence-electron chi connectivity index (χ3n) is 4.91. The number of carbonyl (C=O) groups is 1. The Bertz CT molecular complexity index is 1260. The predicted octanol–water partition coefficient (Wildman–Crippen LogP) is 3.85. The number of nitro benzene ring substituents is 1. The monoisotopic (exact) mass is 472 g/mol. The fraction of sp³-hybridized carbons (Fsp3) is 0.238. The minimum absolute atomic E-state index is 0.0315. The molecule has 3 aromatic rings. The van der Waals surface area contributed by atoms with Crippen LogP contribution in [0.4, 0.5) is 20.2 Å². The quantitative estimate of drug-likeness (QED) is 0.282. The molecule has 0 radical (unpaired) electrons. The topological polar surface area (TPSA) is 134 Å². The summed E-state index contributed by atoms with van der Waals surface area (Å²) in [7, 11) is 1.20. The van der Waals surface area contributed by atoms with Crippen LogP contribution in [0.5, 0.6) is 11.5 Å². The first-order chi connectivity index (χ1) is 16.4. The van der Waals surface area contributed by atoms with Crippen LogP contribution in [0.2, 0.25) is 0 Å². The molecule has 13 heteroatoms. The number of tetrazole rings is 1. The number of benzene rings is 2. The van der Waals surface area contributed by atoms with E-state index in [1.807, 2.05) is 6.07 Å². The molecule has 1 fully saturated rings. The summed E-state index contributed by atoms with van der Waals surface area (Å²) in [5, 5.41) is 25.8. The average molecular weight is 472 g/mol. The van der Waals surface area contributed by atoms with Gasteiger partial charge in [-0.05, 0) is 47.5 Å². The maximum Gasteiger partial charge on any atom is 0.387 e. The molecular weight excluding hydrogens is 454 g/mol. The first-order valence-corrected chi connectivity index (χ1v) is 10.0. The number of carbonyl (C=O) groups excluding carboxylic acids is 1. The van der Waals surface area contributed by atoms with Crippen molar-refractivity contribution in [1.29, 1.82) is 0 Å². The molecule has 1 N–H and O–H groups in total. The first-order valence-electron chi connectivity index (χ1n) is 10.0. The number of nitro groups is 1. The number of methoxy groups -OCH3 is 1. The summed E-state index contributed by atoms with van der Waals surface area (Å²) in [6.45, 7) is -3.19. The van der Waals surface area contributed by atoms with Gasteiger partial charge in [0.25, 0.3) is 5.69 Å². The van der Waals surface area contributed by atoms with Crippen molar-refractivity contribution in [2.45, 2.75) is 25.5 Å². The van der Waals surface area contributed by atoms with Crippen molar-refractivity contribution >= 4 is 23.4 Å². The van der Waals surface area contributed by atoms with E-state index in [1.165, 1.54) is 13.2 Å². The molecule has 176 valence electrons. The molecule has 1 heterocycles. The number of nitrogens with one attached hydrogen (secondary N) is 1. The lowest BCUT2D eigenvalue weighted by atomic mass is 10.1. The highest BCUT2D eigenvalue weighted by Crippen LogP contribution is 2.37. The average Bonchev–Trinajstić information content (AvgIpc) is 3.53. The number of hydrogen-bond acceptors (Lipinski definition) is 8. The van der Waals surface area contributed by atoms with Crippen molar-refractivity contribution < 1.29 is 28.0 Å². The number of halogens is 2. The minimum Gasteiger partial charge on any atom is -0.493 e. The van der Waals surface area contributed by atoms with E-state index in [0.29, 0.717) is 17.1 Å². The fourth-order valence-electron chi connectivity index (χ4n) is 3.24. The van der Waals surface area contributed by atoms with Gasteiger partial charge in [-0.2, -0.15) is 8.78 Å². The standard InChI is InChI=1S/C21H18F2N6O5/c1-33-17-10-12(16(29(31)32)11-18(17)34-21(22)23)5-8-19(30)24-14-4-2-3-13(9-14)20-25-26-27-28(20)15-6-7-15/h2-5,8-11,15,21H,6-7H2,1H3,(H,24,30)/b8-5+. The van der Waals surface area contributed by atoms with E-state index in [2.05, 4.69) is 25.6 Å². The van der Waals surface area contributed by atoms with E-state index in [4.69, 9.17) is 4.74 Å². The molecule has 1 aliphatic rings. The minimum atomic E-state index is -3.19. The summed E-state index contributed by atoms with van der Waals surface area (Å²) in [6.07, 6.45) is 4.27. The second-order valence-corrected chi connectivity index (χ2v) is 7.28. The van der Waals surface area contributed by atoms with Crippen LogP contribution in [0.15, 0.2) is 42.5 Å². The van der Waals surface area contributed by atoms with Gasteiger partial charge in [0.1, 0.15) is 0 Å². The Hall–Kier alpha value is -4.42. The Morgan fingerprint density at radius 3 is 2.76 bits per heavy atom. The van der Waals surface area contributed by atoms with Crippen molar-refractivity contribution in [3.8, 4) is 22.9 Å². The molecule has 34 heavy (non-hydrogen) atoms. The molecule has 11 nitrogen and oxygen atoms in total. The SMILES string of the molecule is COc1cc(/C=C/C(=O)Nc2cccc(-c3nnnn3C3CC3)c2)c([N+](=O)[O-])cc1OC(F)F. The van der Waals surface area contributed by atoms with Gasteiger partial charge in [-0.3, -0.25) is 14.9 Å². The molecule has 1 aromatic heterocycles. The lowest BCUT2D eigenvalue weighted by molar-refractivity contribution is -0.385. The second-order valence-electron chi connectivity index (χ2n) is 7.28. The third kappa shape index (κ3) is 5.14. The fourth-order valence-corrected chi connectivity index (χ4v) is 3.24. The molecule has 1 amide bonds. The summed E-state index contributed by atoms with van der Waals surface area (Å²) < 4.78 is 36.2. The molecule has 0 bridgehead atoms. The lowest BCUT2D eigenvalue weighted by Crippen LogP contribution is -2.08. The summed E-state index contributed by atoms with van der Waals surface area (Å²) in [5.41, 5.74) is 0.615. The van der Waals surface area contributed by atoms with Crippen LogP contribution in [-0.4, -0.2) is 44.8 Å². The van der Waals surface area contributed by atoms with Gasteiger partial charge >= 0.3 is 6.61 Å². The van der Waals surface area contributed by atoms with Crippen LogP contribution in [-0.2, 0) is 4.79 Å². The highest BCUT2D eigenvalue weighted by Gasteiger charge is 2.28. The molecule has 0 unspecified atom stereocenters.